The van der Waals surface area contributed by atoms with Gasteiger partial charge in [-0.05, 0) is 11.9 Å². The first-order valence-electron chi connectivity index (χ1n) is 3.73. The van der Waals surface area contributed by atoms with Gasteiger partial charge in [-0.2, -0.15) is 19.4 Å². The molecular weight excluding hydrogens is 373 g/mol. The number of hydrogen-bond acceptors (Lipinski definition) is 7. The van der Waals surface area contributed by atoms with Crippen molar-refractivity contribution in [1.82, 2.24) is 0 Å². The lowest BCUT2D eigenvalue weighted by atomic mass is 10.3. The Balaban J connectivity index is 3.71. The SMILES string of the molecule is NSc1c(SF)c(SF)c(SF)c(SF)c1SF. The second kappa shape index (κ2) is 8.27. The highest BCUT2D eigenvalue weighted by Gasteiger charge is 2.27. The zero-order valence-corrected chi connectivity index (χ0v) is 12.8. The molecule has 1 aromatic rings. The Labute approximate surface area is 126 Å². The van der Waals surface area contributed by atoms with Crippen LogP contribution in [0.4, 0.5) is 19.4 Å². The molecule has 0 fully saturated rings. The van der Waals surface area contributed by atoms with Crippen molar-refractivity contribution in [2.75, 3.05) is 0 Å². The Hall–Kier alpha value is 0.930. The molecule has 1 aromatic carbocycles. The van der Waals surface area contributed by atoms with Gasteiger partial charge >= 0.3 is 0 Å². The summed E-state index contributed by atoms with van der Waals surface area (Å²) in [5.41, 5.74) is 0. The summed E-state index contributed by atoms with van der Waals surface area (Å²) in [6.07, 6.45) is 0. The summed E-state index contributed by atoms with van der Waals surface area (Å²) in [5.74, 6) is 0. The Morgan fingerprint density at radius 3 is 0.889 bits per heavy atom. The van der Waals surface area contributed by atoms with Crippen molar-refractivity contribution >= 4 is 72.7 Å². The van der Waals surface area contributed by atoms with Crippen molar-refractivity contribution < 1.29 is 19.4 Å². The average molecular weight is 375 g/mol. The van der Waals surface area contributed by atoms with Crippen molar-refractivity contribution in [2.24, 2.45) is 5.14 Å². The Morgan fingerprint density at radius 1 is 0.500 bits per heavy atom. The summed E-state index contributed by atoms with van der Waals surface area (Å²) in [6, 6.07) is 0. The number of nitrogens with two attached hydrogens (primary N) is 1. The van der Waals surface area contributed by atoms with Gasteiger partial charge in [-0.15, -0.1) is 0 Å². The largest absolute Gasteiger partial charge is 0.274 e. The predicted molar refractivity (Wildman–Crippen MR) is 71.3 cm³/mol. The third-order valence-corrected chi connectivity index (χ3v) is 5.97. The summed E-state index contributed by atoms with van der Waals surface area (Å²) >= 11 is -1.76. The van der Waals surface area contributed by atoms with Gasteiger partial charge in [-0.1, -0.05) is 0 Å². The van der Waals surface area contributed by atoms with E-state index < -0.39 is 75.4 Å². The van der Waals surface area contributed by atoms with Gasteiger partial charge in [0.25, 0.3) is 0 Å². The molecular formula is C6H2F5NS6. The van der Waals surface area contributed by atoms with Crippen LogP contribution in [0.1, 0.15) is 0 Å². The molecule has 0 heterocycles. The Bertz CT molecular complexity index is 311. The third-order valence-electron chi connectivity index (χ3n) is 1.74. The first-order chi connectivity index (χ1) is 8.69. The van der Waals surface area contributed by atoms with Crippen molar-refractivity contribution in [3.63, 3.8) is 0 Å². The minimum Gasteiger partial charge on any atom is -0.274 e. The number of hydrogen-bond donors (Lipinski definition) is 1. The summed E-state index contributed by atoms with van der Waals surface area (Å²) in [5, 5.41) is 5.23. The van der Waals surface area contributed by atoms with Crippen LogP contribution in [0.5, 0.6) is 0 Å². The molecule has 0 aliphatic rings. The van der Waals surface area contributed by atoms with Gasteiger partial charge in [-0.25, -0.2) is 0 Å². The van der Waals surface area contributed by atoms with E-state index >= 15 is 0 Å². The number of benzene rings is 1. The molecule has 0 amide bonds. The lowest BCUT2D eigenvalue weighted by Gasteiger charge is -2.15. The highest BCUT2D eigenvalue weighted by atomic mass is 32.2. The molecule has 0 saturated heterocycles. The Kier molecular flexibility index (Phi) is 7.80. The van der Waals surface area contributed by atoms with Crippen molar-refractivity contribution in [1.29, 1.82) is 0 Å². The van der Waals surface area contributed by atoms with Crippen LogP contribution in [0.15, 0.2) is 29.4 Å². The van der Waals surface area contributed by atoms with E-state index in [2.05, 4.69) is 0 Å². The molecule has 102 valence electrons. The Morgan fingerprint density at radius 2 is 0.722 bits per heavy atom. The molecule has 0 radical (unpaired) electrons. The van der Waals surface area contributed by atoms with Gasteiger partial charge in [0.05, 0.1) is 90.1 Å². The van der Waals surface area contributed by atoms with Gasteiger partial charge in [0.1, 0.15) is 0 Å². The van der Waals surface area contributed by atoms with Gasteiger partial charge in [0.2, 0.25) is 0 Å². The first kappa shape index (κ1) is 17.0. The summed E-state index contributed by atoms with van der Waals surface area (Å²) in [6.45, 7) is 0. The van der Waals surface area contributed by atoms with Crippen LogP contribution >= 0.6 is 72.7 Å². The molecule has 0 aliphatic carbocycles. The fourth-order valence-electron chi connectivity index (χ4n) is 1.08. The van der Waals surface area contributed by atoms with Crippen LogP contribution in [0.2, 0.25) is 0 Å². The first-order valence-corrected chi connectivity index (χ1v) is 8.20. The molecule has 0 unspecified atom stereocenters. The van der Waals surface area contributed by atoms with Gasteiger partial charge in [-0.3, -0.25) is 5.14 Å². The molecule has 0 aliphatic heterocycles. The van der Waals surface area contributed by atoms with E-state index in [1.165, 1.54) is 0 Å². The van der Waals surface area contributed by atoms with Gasteiger partial charge in [0, 0.05) is 0 Å². The fourth-order valence-corrected chi connectivity index (χ4v) is 4.84. The van der Waals surface area contributed by atoms with Crippen LogP contribution < -0.4 is 5.14 Å². The van der Waals surface area contributed by atoms with Crippen molar-refractivity contribution in [2.45, 2.75) is 29.4 Å². The molecule has 0 bridgehead atoms. The van der Waals surface area contributed by atoms with Crippen molar-refractivity contribution in [3.05, 3.63) is 0 Å². The van der Waals surface area contributed by atoms with E-state index in [1.54, 1.807) is 0 Å². The van der Waals surface area contributed by atoms with E-state index in [0.717, 1.165) is 0 Å². The quantitative estimate of drug-likeness (QED) is 0.446. The maximum atomic E-state index is 12.8. The summed E-state index contributed by atoms with van der Waals surface area (Å²) in [7, 11) is 0. The standard InChI is InChI=1S/C6H2F5NS6/c7-13-1-2(14-8)4(16-10)6(18-12)5(17-11)3(1)15-9/h12H2. The molecule has 1 rings (SSSR count). The molecule has 0 atom stereocenters. The van der Waals surface area contributed by atoms with Crippen LogP contribution in [0.25, 0.3) is 0 Å². The summed E-state index contributed by atoms with van der Waals surface area (Å²) < 4.78 is 63.9. The molecule has 0 spiro atoms. The third kappa shape index (κ3) is 3.15. The van der Waals surface area contributed by atoms with Crippen LogP contribution in [-0.4, -0.2) is 0 Å². The van der Waals surface area contributed by atoms with Crippen molar-refractivity contribution in [3.8, 4) is 0 Å². The average Bonchev–Trinajstić information content (AvgIpc) is 2.43. The topological polar surface area (TPSA) is 26.0 Å². The van der Waals surface area contributed by atoms with Crippen LogP contribution in [-0.2, 0) is 0 Å². The molecule has 0 aromatic heterocycles. The van der Waals surface area contributed by atoms with E-state index in [4.69, 9.17) is 5.14 Å². The zero-order chi connectivity index (χ0) is 13.7. The lowest BCUT2D eigenvalue weighted by molar-refractivity contribution is 0.787. The molecule has 0 saturated carbocycles. The number of rotatable bonds is 6. The minimum absolute atomic E-state index is 0.173. The number of halogens is 5. The highest BCUT2D eigenvalue weighted by Crippen LogP contribution is 2.54. The minimum atomic E-state index is -0.506. The maximum Gasteiger partial charge on any atom is 0.0838 e. The van der Waals surface area contributed by atoms with Crippen LogP contribution in [0, 0.1) is 0 Å². The fraction of sp³-hybridized carbons (Fsp3) is 0. The maximum absolute atomic E-state index is 12.8. The second-order valence-corrected chi connectivity index (χ2v) is 5.94. The predicted octanol–water partition coefficient (Wildman–Crippen LogP) is 6.54. The van der Waals surface area contributed by atoms with E-state index in [9.17, 15) is 19.4 Å². The van der Waals surface area contributed by atoms with E-state index in [-0.39, 0.29) is 14.7 Å². The second-order valence-electron chi connectivity index (χ2n) is 2.48. The highest BCUT2D eigenvalue weighted by molar-refractivity contribution is 8.02. The molecule has 18 heavy (non-hydrogen) atoms. The van der Waals surface area contributed by atoms with Crippen LogP contribution in [0.3, 0.4) is 0 Å². The molecule has 1 nitrogen and oxygen atoms in total. The molecule has 2 N–H and O–H groups in total. The normalized spacial score (nSPS) is 11.0. The van der Waals surface area contributed by atoms with Gasteiger partial charge < -0.3 is 0 Å². The monoisotopic (exact) mass is 375 g/mol. The smallest absolute Gasteiger partial charge is 0.0838 e. The molecule has 12 heteroatoms. The van der Waals surface area contributed by atoms with E-state index in [0.29, 0.717) is 11.9 Å². The summed E-state index contributed by atoms with van der Waals surface area (Å²) in [4.78, 5) is -2.33. The lowest BCUT2D eigenvalue weighted by Crippen LogP contribution is -1.94. The van der Waals surface area contributed by atoms with Gasteiger partial charge in [0.15, 0.2) is 0 Å². The van der Waals surface area contributed by atoms with E-state index in [1.807, 2.05) is 0 Å². The zero-order valence-electron chi connectivity index (χ0n) is 7.92.